The van der Waals surface area contributed by atoms with E-state index in [2.05, 4.69) is 15.9 Å². The van der Waals surface area contributed by atoms with Gasteiger partial charge in [0, 0.05) is 12.0 Å². The van der Waals surface area contributed by atoms with E-state index in [1.165, 1.54) is 6.07 Å². The SMILES string of the molecule is O=C1CCCc2ccc(F)c(Br)c21. The second-order valence-electron chi connectivity index (χ2n) is 3.17. The van der Waals surface area contributed by atoms with Gasteiger partial charge in [0.2, 0.25) is 0 Å². The number of benzene rings is 1. The van der Waals surface area contributed by atoms with Crippen LogP contribution in [0, 0.1) is 5.82 Å². The fraction of sp³-hybridized carbons (Fsp3) is 0.300. The van der Waals surface area contributed by atoms with Crippen LogP contribution in [0.1, 0.15) is 28.8 Å². The first-order valence-corrected chi connectivity index (χ1v) is 4.99. The minimum absolute atomic E-state index is 0.0487. The Hall–Kier alpha value is -0.700. The molecule has 0 heterocycles. The summed E-state index contributed by atoms with van der Waals surface area (Å²) in [5.74, 6) is -0.304. The normalized spacial score (nSPS) is 15.7. The van der Waals surface area contributed by atoms with Crippen molar-refractivity contribution in [1.29, 1.82) is 0 Å². The molecule has 0 amide bonds. The molecule has 2 rings (SSSR count). The lowest BCUT2D eigenvalue weighted by Crippen LogP contribution is -2.12. The number of hydrogen-bond donors (Lipinski definition) is 0. The molecule has 68 valence electrons. The highest BCUT2D eigenvalue weighted by atomic mass is 79.9. The van der Waals surface area contributed by atoms with Crippen LogP contribution in [-0.2, 0) is 6.42 Å². The molecule has 0 bridgehead atoms. The fourth-order valence-electron chi connectivity index (χ4n) is 1.66. The van der Waals surface area contributed by atoms with Gasteiger partial charge in [-0.3, -0.25) is 4.79 Å². The first-order chi connectivity index (χ1) is 6.20. The van der Waals surface area contributed by atoms with Crippen LogP contribution < -0.4 is 0 Å². The molecule has 0 unspecified atom stereocenters. The van der Waals surface area contributed by atoms with Gasteiger partial charge in [-0.1, -0.05) is 6.07 Å². The Morgan fingerprint density at radius 3 is 2.85 bits per heavy atom. The number of ketones is 1. The highest BCUT2D eigenvalue weighted by molar-refractivity contribution is 9.10. The molecule has 13 heavy (non-hydrogen) atoms. The minimum atomic E-state index is -0.353. The van der Waals surface area contributed by atoms with E-state index < -0.39 is 0 Å². The van der Waals surface area contributed by atoms with E-state index in [1.54, 1.807) is 6.07 Å². The number of carbonyl (C=O) groups excluding carboxylic acids is 1. The Kier molecular flexibility index (Phi) is 2.20. The molecule has 1 aromatic carbocycles. The second-order valence-corrected chi connectivity index (χ2v) is 3.97. The Labute approximate surface area is 84.1 Å². The summed E-state index contributed by atoms with van der Waals surface area (Å²) in [6, 6.07) is 3.11. The smallest absolute Gasteiger partial charge is 0.164 e. The number of hydrogen-bond acceptors (Lipinski definition) is 1. The van der Waals surface area contributed by atoms with Crippen LogP contribution in [0.5, 0.6) is 0 Å². The van der Waals surface area contributed by atoms with Gasteiger partial charge in [-0.05, 0) is 40.4 Å². The Morgan fingerprint density at radius 2 is 2.08 bits per heavy atom. The highest BCUT2D eigenvalue weighted by Gasteiger charge is 2.21. The molecule has 0 saturated carbocycles. The summed E-state index contributed by atoms with van der Waals surface area (Å²) < 4.78 is 13.4. The van der Waals surface area contributed by atoms with E-state index in [9.17, 15) is 9.18 Å². The maximum absolute atomic E-state index is 13.1. The van der Waals surface area contributed by atoms with Gasteiger partial charge in [-0.2, -0.15) is 0 Å². The number of rotatable bonds is 0. The van der Waals surface area contributed by atoms with E-state index in [1.807, 2.05) is 0 Å². The molecule has 0 saturated heterocycles. The predicted molar refractivity (Wildman–Crippen MR) is 51.4 cm³/mol. The summed E-state index contributed by atoms with van der Waals surface area (Å²) in [5.41, 5.74) is 1.51. The Balaban J connectivity index is 2.65. The average Bonchev–Trinajstić information content (AvgIpc) is 2.12. The van der Waals surface area contributed by atoms with E-state index in [0.29, 0.717) is 16.5 Å². The Bertz CT molecular complexity index is 373. The topological polar surface area (TPSA) is 17.1 Å². The molecule has 0 atom stereocenters. The van der Waals surface area contributed by atoms with Crippen molar-refractivity contribution in [2.75, 3.05) is 0 Å². The molecule has 0 radical (unpaired) electrons. The van der Waals surface area contributed by atoms with Gasteiger partial charge in [0.05, 0.1) is 4.47 Å². The lowest BCUT2D eigenvalue weighted by atomic mass is 9.91. The van der Waals surface area contributed by atoms with Crippen LogP contribution in [0.3, 0.4) is 0 Å². The van der Waals surface area contributed by atoms with Gasteiger partial charge in [0.15, 0.2) is 5.78 Å². The van der Waals surface area contributed by atoms with Crippen molar-refractivity contribution in [2.45, 2.75) is 19.3 Å². The van der Waals surface area contributed by atoms with Crippen molar-refractivity contribution in [3.05, 3.63) is 33.5 Å². The van der Waals surface area contributed by atoms with Gasteiger partial charge in [-0.15, -0.1) is 0 Å². The average molecular weight is 243 g/mol. The number of fused-ring (bicyclic) bond motifs is 1. The van der Waals surface area contributed by atoms with Crippen molar-refractivity contribution >= 4 is 21.7 Å². The molecular weight excluding hydrogens is 235 g/mol. The van der Waals surface area contributed by atoms with Crippen molar-refractivity contribution < 1.29 is 9.18 Å². The standard InChI is InChI=1S/C10H8BrFO/c11-10-7(12)5-4-6-2-1-3-8(13)9(6)10/h4-5H,1-3H2. The summed E-state index contributed by atoms with van der Waals surface area (Å²) in [6.45, 7) is 0. The molecule has 1 aromatic rings. The number of halogens is 2. The monoisotopic (exact) mass is 242 g/mol. The minimum Gasteiger partial charge on any atom is -0.294 e. The van der Waals surface area contributed by atoms with Crippen LogP contribution in [0.25, 0.3) is 0 Å². The van der Waals surface area contributed by atoms with Crippen LogP contribution >= 0.6 is 15.9 Å². The van der Waals surface area contributed by atoms with E-state index in [0.717, 1.165) is 18.4 Å². The lowest BCUT2D eigenvalue weighted by molar-refractivity contribution is 0.0971. The van der Waals surface area contributed by atoms with Crippen LogP contribution in [0.15, 0.2) is 16.6 Å². The number of carbonyl (C=O) groups is 1. The molecule has 0 N–H and O–H groups in total. The van der Waals surface area contributed by atoms with Crippen LogP contribution in [0.2, 0.25) is 0 Å². The molecule has 1 aliphatic carbocycles. The molecule has 1 aliphatic rings. The molecule has 0 aliphatic heterocycles. The van der Waals surface area contributed by atoms with Crippen molar-refractivity contribution in [2.24, 2.45) is 0 Å². The zero-order valence-corrected chi connectivity index (χ0v) is 8.53. The maximum Gasteiger partial charge on any atom is 0.164 e. The van der Waals surface area contributed by atoms with Crippen LogP contribution in [0.4, 0.5) is 4.39 Å². The largest absolute Gasteiger partial charge is 0.294 e. The first-order valence-electron chi connectivity index (χ1n) is 4.20. The van der Waals surface area contributed by atoms with E-state index in [4.69, 9.17) is 0 Å². The van der Waals surface area contributed by atoms with Crippen molar-refractivity contribution in [3.8, 4) is 0 Å². The molecule has 3 heteroatoms. The maximum atomic E-state index is 13.1. The van der Waals surface area contributed by atoms with Gasteiger partial charge in [0.25, 0.3) is 0 Å². The van der Waals surface area contributed by atoms with Gasteiger partial charge in [0.1, 0.15) is 5.82 Å². The lowest BCUT2D eigenvalue weighted by Gasteiger charge is -2.15. The molecule has 0 spiro atoms. The third kappa shape index (κ3) is 1.41. The van der Waals surface area contributed by atoms with Gasteiger partial charge >= 0.3 is 0 Å². The third-order valence-corrected chi connectivity index (χ3v) is 3.09. The first kappa shape index (κ1) is 8.88. The van der Waals surface area contributed by atoms with E-state index >= 15 is 0 Å². The third-order valence-electron chi connectivity index (χ3n) is 2.31. The number of Topliss-reactive ketones (excluding diaryl/α,β-unsaturated/α-hetero) is 1. The predicted octanol–water partition coefficient (Wildman–Crippen LogP) is 3.11. The van der Waals surface area contributed by atoms with Crippen LogP contribution in [-0.4, -0.2) is 5.78 Å². The molecule has 0 aromatic heterocycles. The van der Waals surface area contributed by atoms with Gasteiger partial charge < -0.3 is 0 Å². The Morgan fingerprint density at radius 1 is 1.31 bits per heavy atom. The van der Waals surface area contributed by atoms with Crippen molar-refractivity contribution in [3.63, 3.8) is 0 Å². The van der Waals surface area contributed by atoms with Gasteiger partial charge in [-0.25, -0.2) is 4.39 Å². The second kappa shape index (κ2) is 3.22. The summed E-state index contributed by atoms with van der Waals surface area (Å²) in [5, 5.41) is 0. The molecule has 1 nitrogen and oxygen atoms in total. The van der Waals surface area contributed by atoms with E-state index in [-0.39, 0.29) is 11.6 Å². The number of aryl methyl sites for hydroxylation is 1. The summed E-state index contributed by atoms with van der Waals surface area (Å²) in [7, 11) is 0. The van der Waals surface area contributed by atoms with Crippen molar-refractivity contribution in [1.82, 2.24) is 0 Å². The molecule has 0 fully saturated rings. The summed E-state index contributed by atoms with van der Waals surface area (Å²) in [4.78, 5) is 11.5. The highest BCUT2D eigenvalue weighted by Crippen LogP contribution is 2.29. The fourth-order valence-corrected chi connectivity index (χ4v) is 2.27. The summed E-state index contributed by atoms with van der Waals surface area (Å²) in [6.07, 6.45) is 2.29. The zero-order chi connectivity index (χ0) is 9.42. The summed E-state index contributed by atoms with van der Waals surface area (Å²) >= 11 is 3.11. The molecular formula is C10H8BrFO. The zero-order valence-electron chi connectivity index (χ0n) is 6.94. The quantitative estimate of drug-likeness (QED) is 0.684.